The lowest BCUT2D eigenvalue weighted by Gasteiger charge is -2.09. The lowest BCUT2D eigenvalue weighted by Crippen LogP contribution is -2.21. The lowest BCUT2D eigenvalue weighted by molar-refractivity contribution is 0.606. The van der Waals surface area contributed by atoms with E-state index in [-0.39, 0.29) is 11.1 Å². The number of hydrogen-bond donors (Lipinski definition) is 1. The monoisotopic (exact) mass is 244 g/mol. The van der Waals surface area contributed by atoms with Gasteiger partial charge in [0.2, 0.25) is 0 Å². The zero-order valence-electron chi connectivity index (χ0n) is 9.57. The Hall–Kier alpha value is -0.810. The van der Waals surface area contributed by atoms with Crippen LogP contribution in [0.15, 0.2) is 18.5 Å². The third kappa shape index (κ3) is 4.81. The van der Waals surface area contributed by atoms with Crippen LogP contribution in [-0.4, -0.2) is 27.2 Å². The zero-order chi connectivity index (χ0) is 12.0. The molecule has 0 radical (unpaired) electrons. The van der Waals surface area contributed by atoms with Crippen LogP contribution in [0.5, 0.6) is 0 Å². The van der Waals surface area contributed by atoms with Gasteiger partial charge in [-0.25, -0.2) is 4.39 Å². The predicted molar refractivity (Wildman–Crippen MR) is 64.0 cm³/mol. The average molecular weight is 244 g/mol. The van der Waals surface area contributed by atoms with Gasteiger partial charge in [-0.2, -0.15) is 0 Å². The number of aromatic nitrogens is 1. The molecular weight excluding hydrogens is 227 g/mol. The molecule has 0 aliphatic rings. The van der Waals surface area contributed by atoms with Crippen LogP contribution in [0, 0.1) is 5.82 Å². The molecule has 16 heavy (non-hydrogen) atoms. The Morgan fingerprint density at radius 1 is 1.56 bits per heavy atom. The van der Waals surface area contributed by atoms with E-state index in [9.17, 15) is 8.60 Å². The van der Waals surface area contributed by atoms with E-state index in [1.165, 1.54) is 12.3 Å². The molecule has 0 aliphatic heterocycles. The van der Waals surface area contributed by atoms with Crippen LogP contribution in [0.2, 0.25) is 0 Å². The summed E-state index contributed by atoms with van der Waals surface area (Å²) in [5.41, 5.74) is 0.824. The van der Waals surface area contributed by atoms with Crippen molar-refractivity contribution in [3.63, 3.8) is 0 Å². The van der Waals surface area contributed by atoms with Crippen molar-refractivity contribution in [1.82, 2.24) is 10.3 Å². The Kier molecular flexibility index (Phi) is 5.55. The van der Waals surface area contributed by atoms with Crippen LogP contribution in [-0.2, 0) is 17.3 Å². The second kappa shape index (κ2) is 6.70. The van der Waals surface area contributed by atoms with Gasteiger partial charge in [0.25, 0.3) is 0 Å². The maximum Gasteiger partial charge on any atom is 0.141 e. The molecule has 0 aromatic carbocycles. The summed E-state index contributed by atoms with van der Waals surface area (Å²) in [6.07, 6.45) is 5.39. The summed E-state index contributed by atoms with van der Waals surface area (Å²) in [5.74, 6) is -0.317. The first-order valence-electron chi connectivity index (χ1n) is 5.22. The Morgan fingerprint density at radius 3 is 2.94 bits per heavy atom. The third-order valence-corrected chi connectivity index (χ3v) is 3.75. The Morgan fingerprint density at radius 2 is 2.31 bits per heavy atom. The van der Waals surface area contributed by atoms with Crippen LogP contribution >= 0.6 is 0 Å². The topological polar surface area (TPSA) is 42.0 Å². The molecule has 0 aliphatic carbocycles. The van der Waals surface area contributed by atoms with Gasteiger partial charge in [0.15, 0.2) is 0 Å². The van der Waals surface area contributed by atoms with Crippen molar-refractivity contribution >= 4 is 10.8 Å². The zero-order valence-corrected chi connectivity index (χ0v) is 10.4. The summed E-state index contributed by atoms with van der Waals surface area (Å²) in [6, 6.07) is 1.46. The summed E-state index contributed by atoms with van der Waals surface area (Å²) in [5, 5.41) is 3.37. The van der Waals surface area contributed by atoms with E-state index in [0.29, 0.717) is 6.54 Å². The molecule has 1 aromatic rings. The highest BCUT2D eigenvalue weighted by Gasteiger charge is 2.04. The van der Waals surface area contributed by atoms with Gasteiger partial charge in [-0.05, 0) is 24.6 Å². The highest BCUT2D eigenvalue weighted by atomic mass is 32.2. The number of pyridine rings is 1. The van der Waals surface area contributed by atoms with E-state index in [4.69, 9.17) is 0 Å². The van der Waals surface area contributed by atoms with Crippen LogP contribution < -0.4 is 5.32 Å². The van der Waals surface area contributed by atoms with Gasteiger partial charge in [0.05, 0.1) is 6.20 Å². The quantitative estimate of drug-likeness (QED) is 0.770. The maximum absolute atomic E-state index is 12.8. The number of nitrogens with one attached hydrogen (secondary N) is 1. The second-order valence-electron chi connectivity index (χ2n) is 3.79. The van der Waals surface area contributed by atoms with Gasteiger partial charge in [0.1, 0.15) is 5.82 Å². The number of halogens is 1. The molecule has 3 nitrogen and oxygen atoms in total. The lowest BCUT2D eigenvalue weighted by atomic mass is 10.2. The molecular formula is C11H17FN2OS. The molecule has 0 bridgehead atoms. The fourth-order valence-electron chi connectivity index (χ4n) is 1.26. The fraction of sp³-hybridized carbons (Fsp3) is 0.545. The van der Waals surface area contributed by atoms with E-state index in [2.05, 4.69) is 10.3 Å². The van der Waals surface area contributed by atoms with E-state index in [0.717, 1.165) is 18.5 Å². The van der Waals surface area contributed by atoms with E-state index >= 15 is 0 Å². The van der Waals surface area contributed by atoms with Crippen LogP contribution in [0.4, 0.5) is 4.39 Å². The van der Waals surface area contributed by atoms with Crippen LogP contribution in [0.25, 0.3) is 0 Å². The van der Waals surface area contributed by atoms with Crippen molar-refractivity contribution in [1.29, 1.82) is 0 Å². The van der Waals surface area contributed by atoms with Crippen molar-refractivity contribution in [2.24, 2.45) is 0 Å². The second-order valence-corrected chi connectivity index (χ2v) is 5.59. The minimum atomic E-state index is -0.774. The predicted octanol–water partition coefficient (Wildman–Crippen LogP) is 1.47. The summed E-state index contributed by atoms with van der Waals surface area (Å²) in [6.45, 7) is 3.33. The first kappa shape index (κ1) is 13.3. The van der Waals surface area contributed by atoms with Gasteiger partial charge < -0.3 is 5.32 Å². The summed E-state index contributed by atoms with van der Waals surface area (Å²) in [7, 11) is -0.774. The molecule has 1 heterocycles. The maximum atomic E-state index is 12.8. The molecule has 0 fully saturated rings. The minimum Gasteiger partial charge on any atom is -0.313 e. The molecule has 1 N–H and O–H groups in total. The largest absolute Gasteiger partial charge is 0.313 e. The van der Waals surface area contributed by atoms with Gasteiger partial charge in [0, 0.05) is 35.0 Å². The molecule has 1 rings (SSSR count). The standard InChI is InChI=1S/C11H17FN2OS/c1-9(16(2)15)3-4-13-6-10-5-11(12)8-14-7-10/h5,7-9,13H,3-4,6H2,1-2H3. The Balaban J connectivity index is 2.23. The first-order valence-corrected chi connectivity index (χ1v) is 6.84. The number of hydrogen-bond acceptors (Lipinski definition) is 3. The van der Waals surface area contributed by atoms with Crippen molar-refractivity contribution in [3.05, 3.63) is 29.8 Å². The molecule has 0 saturated carbocycles. The van der Waals surface area contributed by atoms with Gasteiger partial charge in [-0.3, -0.25) is 9.19 Å². The van der Waals surface area contributed by atoms with Gasteiger partial charge in [-0.15, -0.1) is 0 Å². The fourth-order valence-corrected chi connectivity index (χ4v) is 1.71. The SMILES string of the molecule is CC(CCNCc1cncc(F)c1)S(C)=O. The first-order chi connectivity index (χ1) is 7.59. The minimum absolute atomic E-state index is 0.193. The van der Waals surface area contributed by atoms with Gasteiger partial charge >= 0.3 is 0 Å². The van der Waals surface area contributed by atoms with Gasteiger partial charge in [-0.1, -0.05) is 6.92 Å². The van der Waals surface area contributed by atoms with Crippen molar-refractivity contribution in [2.45, 2.75) is 25.1 Å². The Bertz CT molecular complexity index is 360. The van der Waals surface area contributed by atoms with Crippen molar-refractivity contribution < 1.29 is 8.60 Å². The van der Waals surface area contributed by atoms with Crippen molar-refractivity contribution in [2.75, 3.05) is 12.8 Å². The highest BCUT2D eigenvalue weighted by Crippen LogP contribution is 2.01. The van der Waals surface area contributed by atoms with Crippen LogP contribution in [0.3, 0.4) is 0 Å². The van der Waals surface area contributed by atoms with E-state index in [1.807, 2.05) is 6.92 Å². The molecule has 0 amide bonds. The smallest absolute Gasteiger partial charge is 0.141 e. The molecule has 1 aromatic heterocycles. The highest BCUT2D eigenvalue weighted by molar-refractivity contribution is 7.84. The molecule has 2 atom stereocenters. The average Bonchev–Trinajstić information content (AvgIpc) is 2.24. The van der Waals surface area contributed by atoms with Crippen molar-refractivity contribution in [3.8, 4) is 0 Å². The van der Waals surface area contributed by atoms with E-state index in [1.54, 1.807) is 12.5 Å². The molecule has 2 unspecified atom stereocenters. The van der Waals surface area contributed by atoms with E-state index < -0.39 is 10.8 Å². The molecule has 5 heteroatoms. The molecule has 0 saturated heterocycles. The third-order valence-electron chi connectivity index (χ3n) is 2.38. The number of nitrogens with zero attached hydrogens (tertiary/aromatic N) is 1. The Labute approximate surface area is 97.9 Å². The molecule has 0 spiro atoms. The number of rotatable bonds is 6. The molecule has 90 valence electrons. The normalized spacial score (nSPS) is 14.7. The summed E-state index contributed by atoms with van der Waals surface area (Å²) < 4.78 is 23.9. The summed E-state index contributed by atoms with van der Waals surface area (Å²) >= 11 is 0. The summed E-state index contributed by atoms with van der Waals surface area (Å²) in [4.78, 5) is 3.76. The van der Waals surface area contributed by atoms with Crippen LogP contribution in [0.1, 0.15) is 18.9 Å².